The maximum atomic E-state index is 9.12. The maximum Gasteiger partial charge on any atom is 0.153 e. The number of aromatic amines is 1. The average molecular weight is 264 g/mol. The molecule has 0 bridgehead atoms. The van der Waals surface area contributed by atoms with Crippen molar-refractivity contribution in [3.05, 3.63) is 54.5 Å². The smallest absolute Gasteiger partial charge is 0.153 e. The fourth-order valence-electron chi connectivity index (χ4n) is 2.43. The zero-order valence-electron chi connectivity index (χ0n) is 10.6. The lowest BCUT2D eigenvalue weighted by molar-refractivity contribution is 0.277. The lowest BCUT2D eigenvalue weighted by Crippen LogP contribution is -1.92. The van der Waals surface area contributed by atoms with Gasteiger partial charge in [-0.3, -0.25) is 0 Å². The standard InChI is InChI=1S/C15H12N4O/c20-9-10-8-19-15(17-10)6-5-14(18-19)12-7-16-13-4-2-1-3-11(12)13/h1-8,16,20H,9H2. The van der Waals surface area contributed by atoms with Crippen LogP contribution in [0.5, 0.6) is 0 Å². The van der Waals surface area contributed by atoms with Gasteiger partial charge >= 0.3 is 0 Å². The van der Waals surface area contributed by atoms with E-state index in [1.807, 2.05) is 36.5 Å². The van der Waals surface area contributed by atoms with Gasteiger partial charge in [-0.1, -0.05) is 18.2 Å². The van der Waals surface area contributed by atoms with Gasteiger partial charge in [0.15, 0.2) is 5.65 Å². The molecule has 4 aromatic rings. The Morgan fingerprint density at radius 3 is 2.95 bits per heavy atom. The van der Waals surface area contributed by atoms with Crippen molar-refractivity contribution in [2.24, 2.45) is 0 Å². The molecule has 1 aromatic carbocycles. The minimum Gasteiger partial charge on any atom is -0.390 e. The number of H-pyrrole nitrogens is 1. The molecule has 3 heterocycles. The third-order valence-electron chi connectivity index (χ3n) is 3.40. The van der Waals surface area contributed by atoms with Gasteiger partial charge in [0.25, 0.3) is 0 Å². The maximum absolute atomic E-state index is 9.12. The molecule has 0 fully saturated rings. The number of hydrogen-bond acceptors (Lipinski definition) is 3. The van der Waals surface area contributed by atoms with Crippen LogP contribution in [0.4, 0.5) is 0 Å². The summed E-state index contributed by atoms with van der Waals surface area (Å²) in [6.45, 7) is -0.0776. The minimum absolute atomic E-state index is 0.0776. The van der Waals surface area contributed by atoms with E-state index >= 15 is 0 Å². The van der Waals surface area contributed by atoms with Crippen molar-refractivity contribution in [1.82, 2.24) is 19.6 Å². The predicted octanol–water partition coefficient (Wildman–Crippen LogP) is 2.37. The monoisotopic (exact) mass is 264 g/mol. The van der Waals surface area contributed by atoms with E-state index in [0.717, 1.165) is 27.8 Å². The predicted molar refractivity (Wildman–Crippen MR) is 76.2 cm³/mol. The average Bonchev–Trinajstić information content (AvgIpc) is 3.09. The van der Waals surface area contributed by atoms with Gasteiger partial charge in [0.05, 0.1) is 24.2 Å². The summed E-state index contributed by atoms with van der Waals surface area (Å²) in [5, 5.41) is 14.8. The minimum atomic E-state index is -0.0776. The molecule has 0 radical (unpaired) electrons. The van der Waals surface area contributed by atoms with Gasteiger partial charge < -0.3 is 10.1 Å². The first-order valence-corrected chi connectivity index (χ1v) is 6.38. The summed E-state index contributed by atoms with van der Waals surface area (Å²) >= 11 is 0. The summed E-state index contributed by atoms with van der Waals surface area (Å²) in [6.07, 6.45) is 3.70. The van der Waals surface area contributed by atoms with Gasteiger partial charge in [-0.15, -0.1) is 0 Å². The summed E-state index contributed by atoms with van der Waals surface area (Å²) in [4.78, 5) is 7.50. The van der Waals surface area contributed by atoms with Crippen LogP contribution in [0.25, 0.3) is 27.8 Å². The first-order chi connectivity index (χ1) is 9.85. The molecule has 4 rings (SSSR count). The Morgan fingerprint density at radius 2 is 2.05 bits per heavy atom. The number of hydrogen-bond donors (Lipinski definition) is 2. The van der Waals surface area contributed by atoms with Crippen molar-refractivity contribution in [3.63, 3.8) is 0 Å². The fraction of sp³-hybridized carbons (Fsp3) is 0.0667. The van der Waals surface area contributed by atoms with Crippen LogP contribution in [0, 0.1) is 0 Å². The van der Waals surface area contributed by atoms with Gasteiger partial charge in [0.1, 0.15) is 0 Å². The zero-order valence-corrected chi connectivity index (χ0v) is 10.6. The second-order valence-corrected chi connectivity index (χ2v) is 4.66. The lowest BCUT2D eigenvalue weighted by atomic mass is 10.1. The topological polar surface area (TPSA) is 66.2 Å². The molecule has 0 spiro atoms. The molecule has 5 heteroatoms. The van der Waals surface area contributed by atoms with Crippen LogP contribution in [-0.2, 0) is 6.61 Å². The van der Waals surface area contributed by atoms with Crippen molar-refractivity contribution >= 4 is 16.6 Å². The second-order valence-electron chi connectivity index (χ2n) is 4.66. The van der Waals surface area contributed by atoms with Crippen LogP contribution in [0.1, 0.15) is 5.69 Å². The second kappa shape index (κ2) is 4.18. The van der Waals surface area contributed by atoms with Crippen molar-refractivity contribution in [3.8, 4) is 11.3 Å². The van der Waals surface area contributed by atoms with E-state index in [0.29, 0.717) is 5.69 Å². The molecule has 5 nitrogen and oxygen atoms in total. The highest BCUT2D eigenvalue weighted by molar-refractivity contribution is 5.94. The number of imidazole rings is 1. The van der Waals surface area contributed by atoms with E-state index in [1.165, 1.54) is 0 Å². The van der Waals surface area contributed by atoms with Crippen LogP contribution in [-0.4, -0.2) is 24.7 Å². The van der Waals surface area contributed by atoms with Crippen molar-refractivity contribution in [2.75, 3.05) is 0 Å². The number of nitrogens with zero attached hydrogens (tertiary/aromatic N) is 3. The van der Waals surface area contributed by atoms with E-state index in [4.69, 9.17) is 5.11 Å². The SMILES string of the molecule is OCc1cn2nc(-c3c[nH]c4ccccc34)ccc2n1. The third-order valence-corrected chi connectivity index (χ3v) is 3.40. The summed E-state index contributed by atoms with van der Waals surface area (Å²) < 4.78 is 1.70. The molecule has 3 aromatic heterocycles. The highest BCUT2D eigenvalue weighted by Gasteiger charge is 2.09. The van der Waals surface area contributed by atoms with Gasteiger partial charge in [-0.25, -0.2) is 9.50 Å². The number of para-hydroxylation sites is 1. The molecule has 0 atom stereocenters. The molecule has 0 saturated heterocycles. The molecule has 0 amide bonds. The number of nitrogens with one attached hydrogen (secondary N) is 1. The van der Waals surface area contributed by atoms with Crippen molar-refractivity contribution < 1.29 is 5.11 Å². The van der Waals surface area contributed by atoms with E-state index in [-0.39, 0.29) is 6.61 Å². The number of rotatable bonds is 2. The van der Waals surface area contributed by atoms with Gasteiger partial charge in [-0.05, 0) is 18.2 Å². The summed E-state index contributed by atoms with van der Waals surface area (Å²) in [5.74, 6) is 0. The number of fused-ring (bicyclic) bond motifs is 2. The number of benzene rings is 1. The number of aliphatic hydroxyl groups is 1. The number of aromatic nitrogens is 4. The largest absolute Gasteiger partial charge is 0.390 e. The highest BCUT2D eigenvalue weighted by atomic mass is 16.3. The summed E-state index contributed by atoms with van der Waals surface area (Å²) in [6, 6.07) is 12.0. The van der Waals surface area contributed by atoms with Gasteiger partial charge in [0, 0.05) is 22.7 Å². The van der Waals surface area contributed by atoms with Gasteiger partial charge in [-0.2, -0.15) is 5.10 Å². The first kappa shape index (κ1) is 11.2. The molecule has 0 unspecified atom stereocenters. The Kier molecular flexibility index (Phi) is 2.34. The highest BCUT2D eigenvalue weighted by Crippen LogP contribution is 2.26. The normalized spacial score (nSPS) is 11.4. The van der Waals surface area contributed by atoms with E-state index in [9.17, 15) is 0 Å². The molecule has 2 N–H and O–H groups in total. The summed E-state index contributed by atoms with van der Waals surface area (Å²) in [7, 11) is 0. The quantitative estimate of drug-likeness (QED) is 0.584. The lowest BCUT2D eigenvalue weighted by Gasteiger charge is -1.99. The van der Waals surface area contributed by atoms with Crippen LogP contribution in [0.2, 0.25) is 0 Å². The Bertz CT molecular complexity index is 906. The Labute approximate surface area is 114 Å². The van der Waals surface area contributed by atoms with Gasteiger partial charge in [0.2, 0.25) is 0 Å². The first-order valence-electron chi connectivity index (χ1n) is 6.38. The van der Waals surface area contributed by atoms with Crippen LogP contribution in [0.3, 0.4) is 0 Å². The zero-order chi connectivity index (χ0) is 13.5. The fourth-order valence-corrected chi connectivity index (χ4v) is 2.43. The molecule has 20 heavy (non-hydrogen) atoms. The molecule has 0 aliphatic rings. The Morgan fingerprint density at radius 1 is 1.15 bits per heavy atom. The Hall–Kier alpha value is -2.66. The van der Waals surface area contributed by atoms with Crippen LogP contribution in [0.15, 0.2) is 48.8 Å². The third kappa shape index (κ3) is 1.60. The summed E-state index contributed by atoms with van der Waals surface area (Å²) in [5.41, 5.74) is 4.37. The van der Waals surface area contributed by atoms with E-state index in [2.05, 4.69) is 21.1 Å². The molecule has 0 aliphatic heterocycles. The number of aliphatic hydroxyl groups excluding tert-OH is 1. The molecule has 0 saturated carbocycles. The van der Waals surface area contributed by atoms with E-state index in [1.54, 1.807) is 10.7 Å². The van der Waals surface area contributed by atoms with Crippen molar-refractivity contribution in [1.29, 1.82) is 0 Å². The molecule has 0 aliphatic carbocycles. The Balaban J connectivity index is 1.93. The van der Waals surface area contributed by atoms with Crippen LogP contribution < -0.4 is 0 Å². The molecule has 98 valence electrons. The molecular formula is C15H12N4O. The molecular weight excluding hydrogens is 252 g/mol. The van der Waals surface area contributed by atoms with Crippen molar-refractivity contribution in [2.45, 2.75) is 6.61 Å². The van der Waals surface area contributed by atoms with Crippen LogP contribution >= 0.6 is 0 Å². The van der Waals surface area contributed by atoms with E-state index < -0.39 is 0 Å².